The summed E-state index contributed by atoms with van der Waals surface area (Å²) < 4.78 is 5.36. The first-order valence-corrected chi connectivity index (χ1v) is 7.10. The summed E-state index contributed by atoms with van der Waals surface area (Å²) in [4.78, 5) is 0. The van der Waals surface area contributed by atoms with Crippen LogP contribution in [0.15, 0.2) is 71.3 Å². The predicted molar refractivity (Wildman–Crippen MR) is 84.2 cm³/mol. The van der Waals surface area contributed by atoms with Crippen LogP contribution < -0.4 is 5.32 Å². The minimum absolute atomic E-state index is 0.154. The first-order chi connectivity index (χ1) is 10.3. The average molecular weight is 278 g/mol. The predicted octanol–water partition coefficient (Wildman–Crippen LogP) is 4.38. The van der Waals surface area contributed by atoms with E-state index in [4.69, 9.17) is 4.52 Å². The molecule has 0 aliphatic rings. The number of anilines is 1. The second-order valence-electron chi connectivity index (χ2n) is 5.11. The van der Waals surface area contributed by atoms with Crippen molar-refractivity contribution in [2.45, 2.75) is 19.4 Å². The Kier molecular flexibility index (Phi) is 4.01. The van der Waals surface area contributed by atoms with E-state index in [0.717, 1.165) is 23.6 Å². The van der Waals surface area contributed by atoms with Crippen molar-refractivity contribution < 1.29 is 4.52 Å². The smallest absolute Gasteiger partial charge is 0.139 e. The second kappa shape index (κ2) is 6.27. The van der Waals surface area contributed by atoms with Crippen molar-refractivity contribution in [2.75, 3.05) is 5.32 Å². The van der Waals surface area contributed by atoms with Gasteiger partial charge < -0.3 is 9.84 Å². The number of hydrogen-bond donors (Lipinski definition) is 1. The number of benzene rings is 2. The van der Waals surface area contributed by atoms with Gasteiger partial charge in [-0.25, -0.2) is 0 Å². The minimum atomic E-state index is 0.154. The lowest BCUT2D eigenvalue weighted by atomic mass is 10.0. The van der Waals surface area contributed by atoms with E-state index in [9.17, 15) is 0 Å². The van der Waals surface area contributed by atoms with Gasteiger partial charge in [0.25, 0.3) is 0 Å². The van der Waals surface area contributed by atoms with Crippen molar-refractivity contribution in [2.24, 2.45) is 0 Å². The Hall–Kier alpha value is -2.55. The monoisotopic (exact) mass is 278 g/mol. The normalized spacial score (nSPS) is 12.0. The Morgan fingerprint density at radius 1 is 1.00 bits per heavy atom. The molecule has 0 spiro atoms. The van der Waals surface area contributed by atoms with Crippen LogP contribution in [0.2, 0.25) is 0 Å². The van der Waals surface area contributed by atoms with Gasteiger partial charge in [-0.15, -0.1) is 0 Å². The Balaban J connectivity index is 1.84. The molecule has 1 atom stereocenters. The van der Waals surface area contributed by atoms with E-state index in [2.05, 4.69) is 46.9 Å². The summed E-state index contributed by atoms with van der Waals surface area (Å²) in [5.74, 6) is 0.893. The maximum atomic E-state index is 5.36. The third-order valence-electron chi connectivity index (χ3n) is 3.40. The van der Waals surface area contributed by atoms with Gasteiger partial charge in [0, 0.05) is 18.2 Å². The van der Waals surface area contributed by atoms with Crippen LogP contribution >= 0.6 is 0 Å². The van der Waals surface area contributed by atoms with Crippen molar-refractivity contribution in [1.29, 1.82) is 0 Å². The molecule has 1 N–H and O–H groups in total. The van der Waals surface area contributed by atoms with E-state index in [-0.39, 0.29) is 6.04 Å². The molecule has 0 saturated heterocycles. The summed E-state index contributed by atoms with van der Waals surface area (Å²) in [6, 6.07) is 22.8. The van der Waals surface area contributed by atoms with E-state index < -0.39 is 0 Å². The molecule has 1 heterocycles. The van der Waals surface area contributed by atoms with Gasteiger partial charge in [0.1, 0.15) is 5.76 Å². The number of rotatable bonds is 5. The SMILES string of the molecule is Cc1cc(C[C@H](Nc2ccccc2)c2ccccc2)on1. The topological polar surface area (TPSA) is 38.1 Å². The Morgan fingerprint density at radius 3 is 2.29 bits per heavy atom. The van der Waals surface area contributed by atoms with E-state index in [1.807, 2.05) is 37.3 Å². The van der Waals surface area contributed by atoms with Crippen molar-refractivity contribution in [3.05, 3.63) is 83.7 Å². The van der Waals surface area contributed by atoms with E-state index in [1.54, 1.807) is 0 Å². The van der Waals surface area contributed by atoms with Crippen LogP contribution in [-0.2, 0) is 6.42 Å². The number of aryl methyl sites for hydroxylation is 1. The van der Waals surface area contributed by atoms with Gasteiger partial charge in [0.15, 0.2) is 0 Å². The number of nitrogens with zero attached hydrogens (tertiary/aromatic N) is 1. The molecule has 3 nitrogen and oxygen atoms in total. The first kappa shape index (κ1) is 13.4. The van der Waals surface area contributed by atoms with Crippen LogP contribution in [-0.4, -0.2) is 5.16 Å². The summed E-state index contributed by atoms with van der Waals surface area (Å²) in [7, 11) is 0. The quantitative estimate of drug-likeness (QED) is 0.752. The van der Waals surface area contributed by atoms with Crippen LogP contribution in [0.3, 0.4) is 0 Å². The summed E-state index contributed by atoms with van der Waals surface area (Å²) in [5, 5.41) is 7.53. The average Bonchev–Trinajstić information content (AvgIpc) is 2.94. The van der Waals surface area contributed by atoms with Crippen LogP contribution in [0.1, 0.15) is 23.1 Å². The highest BCUT2D eigenvalue weighted by Crippen LogP contribution is 2.23. The van der Waals surface area contributed by atoms with Gasteiger partial charge >= 0.3 is 0 Å². The number of hydrogen-bond acceptors (Lipinski definition) is 3. The zero-order chi connectivity index (χ0) is 14.5. The van der Waals surface area contributed by atoms with Crippen molar-refractivity contribution in [1.82, 2.24) is 5.16 Å². The maximum Gasteiger partial charge on any atom is 0.139 e. The highest BCUT2D eigenvalue weighted by atomic mass is 16.5. The van der Waals surface area contributed by atoms with E-state index in [0.29, 0.717) is 0 Å². The zero-order valence-corrected chi connectivity index (χ0v) is 12.0. The molecule has 3 rings (SSSR count). The van der Waals surface area contributed by atoms with Crippen LogP contribution in [0.25, 0.3) is 0 Å². The van der Waals surface area contributed by atoms with Crippen LogP contribution in [0, 0.1) is 6.92 Å². The van der Waals surface area contributed by atoms with Crippen molar-refractivity contribution in [3.8, 4) is 0 Å². The Morgan fingerprint density at radius 2 is 1.67 bits per heavy atom. The largest absolute Gasteiger partial charge is 0.378 e. The summed E-state index contributed by atoms with van der Waals surface area (Å²) in [5.41, 5.74) is 3.24. The van der Waals surface area contributed by atoms with Gasteiger partial charge in [-0.3, -0.25) is 0 Å². The molecular weight excluding hydrogens is 260 g/mol. The molecule has 1 aromatic heterocycles. The molecule has 106 valence electrons. The molecule has 0 aliphatic carbocycles. The third kappa shape index (κ3) is 3.51. The maximum absolute atomic E-state index is 5.36. The zero-order valence-electron chi connectivity index (χ0n) is 12.0. The van der Waals surface area contributed by atoms with Gasteiger partial charge in [-0.05, 0) is 24.6 Å². The molecular formula is C18H18N2O. The molecule has 0 bridgehead atoms. The Labute approximate surface area is 124 Å². The first-order valence-electron chi connectivity index (χ1n) is 7.10. The highest BCUT2D eigenvalue weighted by Gasteiger charge is 2.14. The van der Waals surface area contributed by atoms with Gasteiger partial charge in [-0.1, -0.05) is 53.7 Å². The van der Waals surface area contributed by atoms with Crippen molar-refractivity contribution in [3.63, 3.8) is 0 Å². The molecule has 0 saturated carbocycles. The molecule has 0 aliphatic heterocycles. The number of para-hydroxylation sites is 1. The lowest BCUT2D eigenvalue weighted by Gasteiger charge is -2.19. The fraction of sp³-hybridized carbons (Fsp3) is 0.167. The fourth-order valence-electron chi connectivity index (χ4n) is 2.39. The standard InChI is InChI=1S/C18H18N2O/c1-14-12-17(21-20-14)13-18(15-8-4-2-5-9-15)19-16-10-6-3-7-11-16/h2-12,18-19H,13H2,1H3/t18-/m0/s1. The lowest BCUT2D eigenvalue weighted by Crippen LogP contribution is -2.13. The second-order valence-corrected chi connectivity index (χ2v) is 5.11. The highest BCUT2D eigenvalue weighted by molar-refractivity contribution is 5.45. The van der Waals surface area contributed by atoms with E-state index in [1.165, 1.54) is 5.56 Å². The molecule has 0 fully saturated rings. The minimum Gasteiger partial charge on any atom is -0.378 e. The molecule has 3 aromatic rings. The molecule has 0 amide bonds. The van der Waals surface area contributed by atoms with E-state index >= 15 is 0 Å². The molecule has 0 radical (unpaired) electrons. The lowest BCUT2D eigenvalue weighted by molar-refractivity contribution is 0.374. The van der Waals surface area contributed by atoms with Gasteiger partial charge in [0.2, 0.25) is 0 Å². The summed E-state index contributed by atoms with van der Waals surface area (Å²) in [6.07, 6.45) is 0.764. The molecule has 2 aromatic carbocycles. The van der Waals surface area contributed by atoms with Gasteiger partial charge in [-0.2, -0.15) is 0 Å². The van der Waals surface area contributed by atoms with Crippen LogP contribution in [0.4, 0.5) is 5.69 Å². The molecule has 21 heavy (non-hydrogen) atoms. The molecule has 0 unspecified atom stereocenters. The third-order valence-corrected chi connectivity index (χ3v) is 3.40. The summed E-state index contributed by atoms with van der Waals surface area (Å²) >= 11 is 0. The van der Waals surface area contributed by atoms with Crippen molar-refractivity contribution >= 4 is 5.69 Å². The fourth-order valence-corrected chi connectivity index (χ4v) is 2.39. The molecule has 3 heteroatoms. The van der Waals surface area contributed by atoms with Crippen LogP contribution in [0.5, 0.6) is 0 Å². The number of aromatic nitrogens is 1. The Bertz CT molecular complexity index is 677. The summed E-state index contributed by atoms with van der Waals surface area (Å²) in [6.45, 7) is 1.94. The number of nitrogens with one attached hydrogen (secondary N) is 1. The van der Waals surface area contributed by atoms with Gasteiger partial charge in [0.05, 0.1) is 11.7 Å².